The molecule has 2 fully saturated rings. The fraction of sp³-hybridized carbons (Fsp3) is 0.600. The Hall–Kier alpha value is -0.290. The van der Waals surface area contributed by atoms with Gasteiger partial charge in [-0.15, -0.1) is 0 Å². The van der Waals surface area contributed by atoms with E-state index >= 15 is 0 Å². The van der Waals surface area contributed by atoms with Crippen molar-refractivity contribution in [1.29, 1.82) is 0 Å². The van der Waals surface area contributed by atoms with Gasteiger partial charge < -0.3 is 4.90 Å². The van der Waals surface area contributed by atoms with Gasteiger partial charge in [-0.25, -0.2) is 0 Å². The Morgan fingerprint density at radius 1 is 1.17 bits per heavy atom. The molecule has 0 radical (unpaired) electrons. The number of hydrogen-bond donors (Lipinski definition) is 0. The molecule has 0 spiro atoms. The molecule has 1 atom stereocenters. The highest BCUT2D eigenvalue weighted by Crippen LogP contribution is 2.28. The van der Waals surface area contributed by atoms with Gasteiger partial charge >= 0.3 is 0 Å². The number of halogens is 1. The molecule has 0 bridgehead atoms. The lowest BCUT2D eigenvalue weighted by atomic mass is 9.99. The fourth-order valence-corrected chi connectivity index (χ4v) is 3.77. The van der Waals surface area contributed by atoms with Crippen molar-refractivity contribution in [2.75, 3.05) is 31.1 Å². The van der Waals surface area contributed by atoms with Crippen molar-refractivity contribution in [3.8, 4) is 0 Å². The van der Waals surface area contributed by atoms with Crippen LogP contribution >= 0.6 is 22.6 Å². The second-order valence-electron chi connectivity index (χ2n) is 5.56. The van der Waals surface area contributed by atoms with Crippen LogP contribution in [0.4, 0.5) is 5.69 Å². The van der Waals surface area contributed by atoms with Crippen LogP contribution in [0.3, 0.4) is 0 Å². The molecule has 18 heavy (non-hydrogen) atoms. The lowest BCUT2D eigenvalue weighted by molar-refractivity contribution is 0.133. The minimum atomic E-state index is 0.796. The molecule has 0 aromatic heterocycles. The maximum absolute atomic E-state index is 2.70. The van der Waals surface area contributed by atoms with Crippen molar-refractivity contribution < 1.29 is 0 Å². The van der Waals surface area contributed by atoms with Gasteiger partial charge in [0.1, 0.15) is 0 Å². The Bertz CT molecular complexity index is 433. The second-order valence-corrected chi connectivity index (χ2v) is 6.81. The molecule has 0 N–H and O–H groups in total. The van der Waals surface area contributed by atoms with E-state index in [1.165, 1.54) is 60.3 Å². The third-order valence-electron chi connectivity index (χ3n) is 4.35. The lowest BCUT2D eigenvalue weighted by Crippen LogP contribution is -2.55. The zero-order valence-electron chi connectivity index (χ0n) is 11.0. The van der Waals surface area contributed by atoms with E-state index in [2.05, 4.69) is 57.5 Å². The lowest BCUT2D eigenvalue weighted by Gasteiger charge is -2.45. The van der Waals surface area contributed by atoms with E-state index in [-0.39, 0.29) is 0 Å². The quantitative estimate of drug-likeness (QED) is 0.713. The topological polar surface area (TPSA) is 6.48 Å². The SMILES string of the molecule is Cc1ccc(I)cc1N1CCN2CCCCC2C1. The van der Waals surface area contributed by atoms with E-state index in [9.17, 15) is 0 Å². The standard InChI is InChI=1S/C15H21IN2/c1-12-5-6-13(16)10-15(12)18-9-8-17-7-3-2-4-14(17)11-18/h5-6,10,14H,2-4,7-9,11H2,1H3. The van der Waals surface area contributed by atoms with Gasteiger partial charge in [-0.05, 0) is 66.6 Å². The molecule has 3 rings (SSSR count). The zero-order chi connectivity index (χ0) is 12.5. The van der Waals surface area contributed by atoms with E-state index in [0.717, 1.165) is 6.04 Å². The summed E-state index contributed by atoms with van der Waals surface area (Å²) in [5, 5.41) is 0. The van der Waals surface area contributed by atoms with Crippen LogP contribution in [0.1, 0.15) is 24.8 Å². The predicted octanol–water partition coefficient (Wildman–Crippen LogP) is 3.27. The van der Waals surface area contributed by atoms with Gasteiger partial charge in [0, 0.05) is 34.9 Å². The number of nitrogens with zero attached hydrogens (tertiary/aromatic N) is 2. The van der Waals surface area contributed by atoms with Crippen LogP contribution in [0.5, 0.6) is 0 Å². The van der Waals surface area contributed by atoms with Crippen molar-refractivity contribution in [2.45, 2.75) is 32.2 Å². The third kappa shape index (κ3) is 2.52. The van der Waals surface area contributed by atoms with Crippen LogP contribution in [0, 0.1) is 10.5 Å². The first-order chi connectivity index (χ1) is 8.74. The van der Waals surface area contributed by atoms with Crippen molar-refractivity contribution in [3.63, 3.8) is 0 Å². The smallest absolute Gasteiger partial charge is 0.0407 e. The monoisotopic (exact) mass is 356 g/mol. The van der Waals surface area contributed by atoms with Crippen LogP contribution in [0.25, 0.3) is 0 Å². The number of hydrogen-bond acceptors (Lipinski definition) is 2. The summed E-state index contributed by atoms with van der Waals surface area (Å²) in [7, 11) is 0. The maximum Gasteiger partial charge on any atom is 0.0407 e. The summed E-state index contributed by atoms with van der Waals surface area (Å²) in [6.07, 6.45) is 4.21. The molecule has 1 aromatic carbocycles. The predicted molar refractivity (Wildman–Crippen MR) is 85.3 cm³/mol. The Kier molecular flexibility index (Phi) is 3.80. The molecule has 2 aliphatic heterocycles. The fourth-order valence-electron chi connectivity index (χ4n) is 3.30. The summed E-state index contributed by atoms with van der Waals surface area (Å²) < 4.78 is 1.35. The summed E-state index contributed by atoms with van der Waals surface area (Å²) in [4.78, 5) is 5.30. The summed E-state index contributed by atoms with van der Waals surface area (Å²) >= 11 is 2.42. The van der Waals surface area contributed by atoms with Gasteiger partial charge in [0.15, 0.2) is 0 Å². The van der Waals surface area contributed by atoms with E-state index in [4.69, 9.17) is 0 Å². The Morgan fingerprint density at radius 3 is 2.94 bits per heavy atom. The first-order valence-electron chi connectivity index (χ1n) is 6.99. The summed E-state index contributed by atoms with van der Waals surface area (Å²) in [6, 6.07) is 7.60. The van der Waals surface area contributed by atoms with E-state index in [0.29, 0.717) is 0 Å². The van der Waals surface area contributed by atoms with Crippen LogP contribution in [-0.2, 0) is 0 Å². The molecule has 2 saturated heterocycles. The second kappa shape index (κ2) is 5.37. The molecule has 1 unspecified atom stereocenters. The van der Waals surface area contributed by atoms with Crippen LogP contribution in [-0.4, -0.2) is 37.1 Å². The van der Waals surface area contributed by atoms with Crippen LogP contribution < -0.4 is 4.90 Å². The molecule has 1 aromatic rings. The average molecular weight is 356 g/mol. The minimum absolute atomic E-state index is 0.796. The summed E-state index contributed by atoms with van der Waals surface area (Å²) in [5.41, 5.74) is 2.87. The molecule has 2 heterocycles. The Labute approximate surface area is 123 Å². The number of anilines is 1. The number of piperazine rings is 1. The zero-order valence-corrected chi connectivity index (χ0v) is 13.2. The van der Waals surface area contributed by atoms with Crippen LogP contribution in [0.2, 0.25) is 0 Å². The minimum Gasteiger partial charge on any atom is -0.368 e. The molecule has 2 nitrogen and oxygen atoms in total. The number of rotatable bonds is 1. The van der Waals surface area contributed by atoms with E-state index in [1.807, 2.05) is 0 Å². The highest BCUT2D eigenvalue weighted by molar-refractivity contribution is 14.1. The van der Waals surface area contributed by atoms with Crippen LogP contribution in [0.15, 0.2) is 18.2 Å². The first kappa shape index (κ1) is 12.7. The molecular formula is C15H21IN2. The van der Waals surface area contributed by atoms with Crippen molar-refractivity contribution in [2.24, 2.45) is 0 Å². The summed E-state index contributed by atoms with van der Waals surface area (Å²) in [6.45, 7) is 7.22. The van der Waals surface area contributed by atoms with Gasteiger partial charge in [-0.1, -0.05) is 12.5 Å². The number of piperidine rings is 1. The number of benzene rings is 1. The number of aryl methyl sites for hydroxylation is 1. The average Bonchev–Trinajstić information content (AvgIpc) is 2.41. The van der Waals surface area contributed by atoms with Gasteiger partial charge in [0.05, 0.1) is 0 Å². The molecule has 2 aliphatic rings. The van der Waals surface area contributed by atoms with Crippen molar-refractivity contribution >= 4 is 28.3 Å². The molecular weight excluding hydrogens is 335 g/mol. The largest absolute Gasteiger partial charge is 0.368 e. The van der Waals surface area contributed by atoms with Gasteiger partial charge in [0.2, 0.25) is 0 Å². The van der Waals surface area contributed by atoms with Crippen molar-refractivity contribution in [1.82, 2.24) is 4.90 Å². The highest BCUT2D eigenvalue weighted by Gasteiger charge is 2.29. The van der Waals surface area contributed by atoms with E-state index < -0.39 is 0 Å². The van der Waals surface area contributed by atoms with Gasteiger partial charge in [0.25, 0.3) is 0 Å². The van der Waals surface area contributed by atoms with E-state index in [1.54, 1.807) is 0 Å². The molecule has 0 aliphatic carbocycles. The molecule has 98 valence electrons. The molecule has 0 amide bonds. The number of fused-ring (bicyclic) bond motifs is 1. The van der Waals surface area contributed by atoms with Gasteiger partial charge in [-0.2, -0.15) is 0 Å². The molecule has 3 heteroatoms. The van der Waals surface area contributed by atoms with Crippen molar-refractivity contribution in [3.05, 3.63) is 27.3 Å². The highest BCUT2D eigenvalue weighted by atomic mass is 127. The Balaban J connectivity index is 1.79. The Morgan fingerprint density at radius 2 is 2.06 bits per heavy atom. The van der Waals surface area contributed by atoms with Gasteiger partial charge in [-0.3, -0.25) is 4.90 Å². The summed E-state index contributed by atoms with van der Waals surface area (Å²) in [5.74, 6) is 0. The molecule has 0 saturated carbocycles. The first-order valence-corrected chi connectivity index (χ1v) is 8.07. The normalized spacial score (nSPS) is 25.0. The maximum atomic E-state index is 2.70. The third-order valence-corrected chi connectivity index (χ3v) is 5.02.